The molecule has 0 aliphatic carbocycles. The number of hydrogen-bond donors (Lipinski definition) is 1. The molecular formula is C13H12ClI2NO4S2. The van der Waals surface area contributed by atoms with Crippen molar-refractivity contribution in [3.05, 3.63) is 55.7 Å². The number of benzene rings is 2. The zero-order chi connectivity index (χ0) is 17.7. The Bertz CT molecular complexity index is 852. The monoisotopic (exact) mass is 599 g/mol. The van der Waals surface area contributed by atoms with Gasteiger partial charge in [0.05, 0.1) is 9.79 Å². The van der Waals surface area contributed by atoms with Crippen molar-refractivity contribution in [3.63, 3.8) is 0 Å². The molecule has 0 aliphatic heterocycles. The highest BCUT2D eigenvalue weighted by atomic mass is 127. The maximum absolute atomic E-state index is 11.2. The van der Waals surface area contributed by atoms with Crippen LogP contribution in [0.2, 0.25) is 0 Å². The molecule has 0 radical (unpaired) electrons. The lowest BCUT2D eigenvalue weighted by Crippen LogP contribution is -2.18. The van der Waals surface area contributed by atoms with Gasteiger partial charge in [0.2, 0.25) is 10.0 Å². The Hall–Kier alpha value is 0.0500. The highest BCUT2D eigenvalue weighted by molar-refractivity contribution is 14.1. The lowest BCUT2D eigenvalue weighted by atomic mass is 10.4. The van der Waals surface area contributed by atoms with Crippen molar-refractivity contribution in [1.29, 1.82) is 0 Å². The van der Waals surface area contributed by atoms with Crippen molar-refractivity contribution in [2.24, 2.45) is 0 Å². The summed E-state index contributed by atoms with van der Waals surface area (Å²) in [6.45, 7) is 0. The number of hydrogen-bond acceptors (Lipinski definition) is 4. The fourth-order valence-electron chi connectivity index (χ4n) is 1.33. The second-order valence-electron chi connectivity index (χ2n) is 4.05. The van der Waals surface area contributed by atoms with E-state index in [9.17, 15) is 16.8 Å². The molecule has 0 unspecified atom stereocenters. The predicted octanol–water partition coefficient (Wildman–Crippen LogP) is 3.42. The van der Waals surface area contributed by atoms with Gasteiger partial charge in [-0.2, -0.15) is 0 Å². The smallest absolute Gasteiger partial charge is 0.214 e. The average Bonchev–Trinajstić information content (AvgIpc) is 2.48. The van der Waals surface area contributed by atoms with Crippen LogP contribution in [0.15, 0.2) is 58.3 Å². The minimum atomic E-state index is -3.55. The van der Waals surface area contributed by atoms with Crippen LogP contribution in [0.5, 0.6) is 0 Å². The van der Waals surface area contributed by atoms with Gasteiger partial charge < -0.3 is 0 Å². The second-order valence-corrected chi connectivity index (χ2v) is 11.0. The zero-order valence-corrected chi connectivity index (χ0v) is 18.4. The molecule has 1 N–H and O–H groups in total. The summed E-state index contributed by atoms with van der Waals surface area (Å²) in [5.74, 6) is 0. The van der Waals surface area contributed by atoms with Crippen LogP contribution < -0.4 is 4.72 Å². The second kappa shape index (κ2) is 8.94. The van der Waals surface area contributed by atoms with E-state index in [1.54, 1.807) is 36.4 Å². The Kier molecular flexibility index (Phi) is 8.20. The summed E-state index contributed by atoms with van der Waals surface area (Å²) >= 11 is 4.21. The van der Waals surface area contributed by atoms with E-state index < -0.39 is 19.1 Å². The standard InChI is InChI=1S/C7H8INO2S.C6H4ClIO2S/c1-9-12(10,11)7-4-2-6(8)3-5-7;7-11(9,10)6-3-1-5(8)2-4-6/h2-5,9H,1H3;1-4H. The Labute approximate surface area is 167 Å². The van der Waals surface area contributed by atoms with Crippen LogP contribution in [0.3, 0.4) is 0 Å². The van der Waals surface area contributed by atoms with Gasteiger partial charge in [0, 0.05) is 17.8 Å². The van der Waals surface area contributed by atoms with E-state index in [0.717, 1.165) is 7.14 Å². The minimum Gasteiger partial charge on any atom is -0.214 e. The molecule has 0 spiro atoms. The van der Waals surface area contributed by atoms with Crippen LogP contribution >= 0.6 is 55.9 Å². The molecule has 0 fully saturated rings. The van der Waals surface area contributed by atoms with E-state index in [1.807, 2.05) is 0 Å². The maximum atomic E-state index is 11.2. The lowest BCUT2D eigenvalue weighted by molar-refractivity contribution is 0.588. The van der Waals surface area contributed by atoms with Gasteiger partial charge in [0.15, 0.2) is 0 Å². The SMILES string of the molecule is CNS(=O)(=O)c1ccc(I)cc1.O=S(=O)(Cl)c1ccc(I)cc1. The van der Waals surface area contributed by atoms with Crippen molar-refractivity contribution in [2.45, 2.75) is 9.79 Å². The molecular weight excluding hydrogens is 588 g/mol. The van der Waals surface area contributed by atoms with Crippen LogP contribution in [-0.2, 0) is 19.1 Å². The Morgan fingerprint density at radius 2 is 1.13 bits per heavy atom. The van der Waals surface area contributed by atoms with E-state index >= 15 is 0 Å². The van der Waals surface area contributed by atoms with Crippen molar-refractivity contribution >= 4 is 74.9 Å². The molecule has 10 heteroatoms. The third-order valence-electron chi connectivity index (χ3n) is 2.49. The first-order valence-corrected chi connectivity index (χ1v) is 11.9. The summed E-state index contributed by atoms with van der Waals surface area (Å²) in [6.07, 6.45) is 0. The van der Waals surface area contributed by atoms with E-state index in [1.165, 1.54) is 19.2 Å². The van der Waals surface area contributed by atoms with Gasteiger partial charge in [0.25, 0.3) is 9.05 Å². The summed E-state index contributed by atoms with van der Waals surface area (Å²) < 4.78 is 48.1. The van der Waals surface area contributed by atoms with Crippen LogP contribution in [0.1, 0.15) is 0 Å². The normalized spacial score (nSPS) is 11.5. The molecule has 0 aromatic heterocycles. The zero-order valence-electron chi connectivity index (χ0n) is 11.7. The number of sulfonamides is 1. The van der Waals surface area contributed by atoms with Crippen LogP contribution in [0, 0.1) is 7.14 Å². The van der Waals surface area contributed by atoms with Gasteiger partial charge in [0.1, 0.15) is 0 Å². The van der Waals surface area contributed by atoms with Gasteiger partial charge in [-0.3, -0.25) is 0 Å². The van der Waals surface area contributed by atoms with Crippen molar-refractivity contribution in [1.82, 2.24) is 4.72 Å². The first kappa shape index (κ1) is 21.1. The van der Waals surface area contributed by atoms with Gasteiger partial charge >= 0.3 is 0 Å². The summed E-state index contributed by atoms with van der Waals surface area (Å²) in [4.78, 5) is 0.435. The van der Waals surface area contributed by atoms with Crippen LogP contribution in [-0.4, -0.2) is 23.9 Å². The highest BCUT2D eigenvalue weighted by Gasteiger charge is 2.09. The number of halogens is 3. The first-order chi connectivity index (χ1) is 10.6. The molecule has 0 atom stereocenters. The third kappa shape index (κ3) is 7.22. The van der Waals surface area contributed by atoms with Crippen LogP contribution in [0.25, 0.3) is 0 Å². The average molecular weight is 600 g/mol. The van der Waals surface area contributed by atoms with E-state index in [0.29, 0.717) is 4.90 Å². The molecule has 5 nitrogen and oxygen atoms in total. The molecule has 0 heterocycles. The molecule has 0 saturated heterocycles. The minimum absolute atomic E-state index is 0.139. The van der Waals surface area contributed by atoms with Gasteiger partial charge in [-0.1, -0.05) is 0 Å². The summed E-state index contributed by atoms with van der Waals surface area (Å²) in [5.41, 5.74) is 0. The van der Waals surface area contributed by atoms with E-state index in [2.05, 4.69) is 49.9 Å². The number of rotatable bonds is 3. The van der Waals surface area contributed by atoms with Crippen molar-refractivity contribution in [3.8, 4) is 0 Å². The summed E-state index contributed by atoms with van der Waals surface area (Å²) in [5, 5.41) is 0. The van der Waals surface area contributed by atoms with Crippen molar-refractivity contribution in [2.75, 3.05) is 7.05 Å². The Morgan fingerprint density at radius 3 is 1.43 bits per heavy atom. The largest absolute Gasteiger partial charge is 0.261 e. The van der Waals surface area contributed by atoms with Crippen molar-refractivity contribution < 1.29 is 16.8 Å². The molecule has 0 saturated carbocycles. The highest BCUT2D eigenvalue weighted by Crippen LogP contribution is 2.15. The molecule has 0 bridgehead atoms. The molecule has 2 rings (SSSR count). The molecule has 0 amide bonds. The molecule has 126 valence electrons. The topological polar surface area (TPSA) is 80.3 Å². The number of nitrogens with one attached hydrogen (secondary N) is 1. The van der Waals surface area contributed by atoms with E-state index in [-0.39, 0.29) is 4.90 Å². The molecule has 2 aromatic carbocycles. The molecule has 0 aliphatic rings. The fourth-order valence-corrected chi connectivity index (χ4v) is 3.55. The lowest BCUT2D eigenvalue weighted by Gasteiger charge is -2.00. The first-order valence-electron chi connectivity index (χ1n) is 5.95. The fraction of sp³-hybridized carbons (Fsp3) is 0.0769. The van der Waals surface area contributed by atoms with Crippen LogP contribution in [0.4, 0.5) is 0 Å². The van der Waals surface area contributed by atoms with Gasteiger partial charge in [-0.15, -0.1) is 0 Å². The maximum Gasteiger partial charge on any atom is 0.261 e. The predicted molar refractivity (Wildman–Crippen MR) is 108 cm³/mol. The van der Waals surface area contributed by atoms with Gasteiger partial charge in [-0.25, -0.2) is 21.6 Å². The summed E-state index contributed by atoms with van der Waals surface area (Å²) in [7, 11) is -0.342. The Balaban J connectivity index is 0.000000231. The Morgan fingerprint density at radius 1 is 0.783 bits per heavy atom. The molecule has 2 aromatic rings. The van der Waals surface area contributed by atoms with Gasteiger partial charge in [-0.05, 0) is 101 Å². The third-order valence-corrected chi connectivity index (χ3v) is 6.73. The quantitative estimate of drug-likeness (QED) is 0.434. The van der Waals surface area contributed by atoms with E-state index in [4.69, 9.17) is 10.7 Å². The summed E-state index contributed by atoms with van der Waals surface area (Å²) in [6, 6.07) is 13.0. The molecule has 23 heavy (non-hydrogen) atoms.